The molecule has 0 radical (unpaired) electrons. The van der Waals surface area contributed by atoms with Gasteiger partial charge in [0.25, 0.3) is 0 Å². The van der Waals surface area contributed by atoms with E-state index in [1.54, 1.807) is 0 Å². The van der Waals surface area contributed by atoms with E-state index in [1.165, 1.54) is 58.1 Å². The number of thiophene rings is 1. The van der Waals surface area contributed by atoms with Crippen LogP contribution >= 0.6 is 43.2 Å². The summed E-state index contributed by atoms with van der Waals surface area (Å²) in [5.74, 6) is 0.680. The Labute approximate surface area is 148 Å². The molecule has 1 saturated carbocycles. The zero-order chi connectivity index (χ0) is 14.9. The molecule has 0 bridgehead atoms. The van der Waals surface area contributed by atoms with Crippen LogP contribution in [-0.2, 0) is 4.74 Å². The Balaban J connectivity index is 1.77. The summed E-state index contributed by atoms with van der Waals surface area (Å²) in [6, 6.07) is 2.71. The average Bonchev–Trinajstić information content (AvgIpc) is 2.80. The van der Waals surface area contributed by atoms with Crippen LogP contribution in [-0.4, -0.2) is 19.3 Å². The quantitative estimate of drug-likeness (QED) is 0.659. The van der Waals surface area contributed by atoms with Crippen molar-refractivity contribution in [3.05, 3.63) is 19.2 Å². The van der Waals surface area contributed by atoms with Crippen LogP contribution in [0.15, 0.2) is 14.3 Å². The topological polar surface area (TPSA) is 21.3 Å². The molecule has 1 saturated heterocycles. The van der Waals surface area contributed by atoms with Crippen molar-refractivity contribution in [2.24, 2.45) is 5.92 Å². The molecule has 118 valence electrons. The van der Waals surface area contributed by atoms with Gasteiger partial charge in [0.05, 0.1) is 9.39 Å². The highest BCUT2D eigenvalue weighted by molar-refractivity contribution is 9.13. The van der Waals surface area contributed by atoms with E-state index in [9.17, 15) is 0 Å². The van der Waals surface area contributed by atoms with Crippen molar-refractivity contribution in [2.75, 3.05) is 13.7 Å². The number of nitrogens with one attached hydrogen (secondary N) is 1. The predicted molar refractivity (Wildman–Crippen MR) is 96.0 cm³/mol. The molecule has 1 aromatic heterocycles. The number of halogens is 2. The minimum absolute atomic E-state index is 0.183. The van der Waals surface area contributed by atoms with Crippen LogP contribution in [0.4, 0.5) is 0 Å². The molecule has 21 heavy (non-hydrogen) atoms. The van der Waals surface area contributed by atoms with E-state index in [2.05, 4.69) is 50.3 Å². The molecular formula is C16H23Br2NOS. The summed E-state index contributed by atoms with van der Waals surface area (Å²) >= 11 is 9.09. The van der Waals surface area contributed by atoms with Gasteiger partial charge in [-0.15, -0.1) is 11.3 Å². The van der Waals surface area contributed by atoms with E-state index >= 15 is 0 Å². The van der Waals surface area contributed by atoms with Crippen molar-refractivity contribution >= 4 is 43.2 Å². The molecule has 0 amide bonds. The van der Waals surface area contributed by atoms with Gasteiger partial charge in [-0.3, -0.25) is 0 Å². The molecule has 1 aliphatic heterocycles. The molecule has 5 heteroatoms. The van der Waals surface area contributed by atoms with Gasteiger partial charge in [0, 0.05) is 22.0 Å². The molecule has 1 aliphatic carbocycles. The molecule has 2 nitrogen and oxygen atoms in total. The molecular weight excluding hydrogens is 414 g/mol. The van der Waals surface area contributed by atoms with Crippen LogP contribution in [0.5, 0.6) is 0 Å². The Morgan fingerprint density at radius 2 is 2.10 bits per heavy atom. The van der Waals surface area contributed by atoms with Gasteiger partial charge in [-0.25, -0.2) is 0 Å². The predicted octanol–water partition coefficient (Wildman–Crippen LogP) is 5.66. The van der Waals surface area contributed by atoms with Crippen molar-refractivity contribution in [2.45, 2.75) is 56.6 Å². The third-order valence-electron chi connectivity index (χ3n) is 5.05. The minimum Gasteiger partial charge on any atom is -0.375 e. The zero-order valence-corrected chi connectivity index (χ0v) is 16.4. The second kappa shape index (κ2) is 7.00. The lowest BCUT2D eigenvalue weighted by molar-refractivity contribution is -0.121. The van der Waals surface area contributed by atoms with E-state index in [0.29, 0.717) is 12.0 Å². The first-order chi connectivity index (χ1) is 10.1. The lowest BCUT2D eigenvalue weighted by atomic mass is 9.74. The summed E-state index contributed by atoms with van der Waals surface area (Å²) in [6.07, 6.45) is 8.97. The fourth-order valence-electron chi connectivity index (χ4n) is 4.02. The summed E-state index contributed by atoms with van der Waals surface area (Å²) in [5.41, 5.74) is 0.183. The normalized spacial score (nSPS) is 26.9. The smallest absolute Gasteiger partial charge is 0.0843 e. The summed E-state index contributed by atoms with van der Waals surface area (Å²) in [5, 5.41) is 3.56. The van der Waals surface area contributed by atoms with Gasteiger partial charge in [-0.2, -0.15) is 0 Å². The second-order valence-electron chi connectivity index (χ2n) is 6.38. The van der Waals surface area contributed by atoms with Gasteiger partial charge in [0.15, 0.2) is 0 Å². The van der Waals surface area contributed by atoms with Gasteiger partial charge >= 0.3 is 0 Å². The molecule has 0 aromatic carbocycles. The molecule has 1 spiro atoms. The summed E-state index contributed by atoms with van der Waals surface area (Å²) < 4.78 is 8.61. The standard InChI is InChI=1S/C16H23Br2NOS/c1-19-14(13-9-12(17)15(18)21-13)11-5-8-20-16(10-11)6-3-2-4-7-16/h9,11,14,19H,2-8,10H2,1H3. The highest BCUT2D eigenvalue weighted by Gasteiger charge is 2.41. The first-order valence-corrected chi connectivity index (χ1v) is 10.3. The molecule has 2 unspecified atom stereocenters. The maximum absolute atomic E-state index is 6.25. The molecule has 3 rings (SSSR count). The largest absolute Gasteiger partial charge is 0.375 e. The van der Waals surface area contributed by atoms with Crippen LogP contribution in [0.3, 0.4) is 0 Å². The van der Waals surface area contributed by atoms with Gasteiger partial charge in [0.2, 0.25) is 0 Å². The van der Waals surface area contributed by atoms with Crippen LogP contribution in [0, 0.1) is 5.92 Å². The summed E-state index contributed by atoms with van der Waals surface area (Å²) in [6.45, 7) is 0.927. The molecule has 2 atom stereocenters. The second-order valence-corrected chi connectivity index (χ2v) is 9.64. The maximum Gasteiger partial charge on any atom is 0.0843 e. The van der Waals surface area contributed by atoms with Crippen LogP contribution in [0.1, 0.15) is 55.9 Å². The average molecular weight is 437 g/mol. The van der Waals surface area contributed by atoms with Crippen molar-refractivity contribution in [1.82, 2.24) is 5.32 Å². The van der Waals surface area contributed by atoms with E-state index < -0.39 is 0 Å². The lowest BCUT2D eigenvalue weighted by Gasteiger charge is -2.45. The number of ether oxygens (including phenoxy) is 1. The Bertz CT molecular complexity index is 460. The summed E-state index contributed by atoms with van der Waals surface area (Å²) in [4.78, 5) is 1.43. The monoisotopic (exact) mass is 435 g/mol. The van der Waals surface area contributed by atoms with E-state index in [4.69, 9.17) is 4.74 Å². The van der Waals surface area contributed by atoms with Gasteiger partial charge in [0.1, 0.15) is 0 Å². The van der Waals surface area contributed by atoms with E-state index in [0.717, 1.165) is 6.61 Å². The Morgan fingerprint density at radius 1 is 1.33 bits per heavy atom. The third kappa shape index (κ3) is 3.57. The Kier molecular flexibility index (Phi) is 5.48. The van der Waals surface area contributed by atoms with E-state index in [1.807, 2.05) is 11.3 Å². The molecule has 2 heterocycles. The molecule has 1 N–H and O–H groups in total. The first-order valence-electron chi connectivity index (χ1n) is 7.89. The third-order valence-corrected chi connectivity index (χ3v) is 8.39. The molecule has 2 fully saturated rings. The van der Waals surface area contributed by atoms with Crippen LogP contribution in [0.2, 0.25) is 0 Å². The Hall–Kier alpha value is 0.580. The number of rotatable bonds is 3. The van der Waals surface area contributed by atoms with Gasteiger partial charge in [-0.1, -0.05) is 19.3 Å². The van der Waals surface area contributed by atoms with Crippen LogP contribution < -0.4 is 5.32 Å². The van der Waals surface area contributed by atoms with Crippen molar-refractivity contribution < 1.29 is 4.74 Å². The van der Waals surface area contributed by atoms with Crippen LogP contribution in [0.25, 0.3) is 0 Å². The fraction of sp³-hybridized carbons (Fsp3) is 0.750. The highest BCUT2D eigenvalue weighted by atomic mass is 79.9. The molecule has 2 aliphatic rings. The summed E-state index contributed by atoms with van der Waals surface area (Å²) in [7, 11) is 2.09. The van der Waals surface area contributed by atoms with Crippen molar-refractivity contribution in [3.63, 3.8) is 0 Å². The van der Waals surface area contributed by atoms with Gasteiger partial charge < -0.3 is 10.1 Å². The SMILES string of the molecule is CNC(c1cc(Br)c(Br)s1)C1CCOC2(CCCCC2)C1. The van der Waals surface area contributed by atoms with Crippen molar-refractivity contribution in [1.29, 1.82) is 0 Å². The molecule has 1 aromatic rings. The zero-order valence-electron chi connectivity index (χ0n) is 12.5. The minimum atomic E-state index is 0.183. The van der Waals surface area contributed by atoms with E-state index in [-0.39, 0.29) is 5.60 Å². The fourth-order valence-corrected chi connectivity index (χ4v) is 6.32. The maximum atomic E-state index is 6.25. The Morgan fingerprint density at radius 3 is 2.71 bits per heavy atom. The highest BCUT2D eigenvalue weighted by Crippen LogP contribution is 2.46. The number of hydrogen-bond donors (Lipinski definition) is 1. The van der Waals surface area contributed by atoms with Gasteiger partial charge in [-0.05, 0) is 76.6 Å². The van der Waals surface area contributed by atoms with Crippen molar-refractivity contribution in [3.8, 4) is 0 Å². The first kappa shape index (κ1) is 16.4. The number of hydrogen-bond acceptors (Lipinski definition) is 3. The lowest BCUT2D eigenvalue weighted by Crippen LogP contribution is -2.44.